The van der Waals surface area contributed by atoms with Crippen LogP contribution in [0, 0.1) is 5.92 Å². The van der Waals surface area contributed by atoms with Crippen molar-refractivity contribution in [3.63, 3.8) is 0 Å². The number of carbonyl (C=O) groups excluding carboxylic acids is 1. The van der Waals surface area contributed by atoms with Gasteiger partial charge in [0.25, 0.3) is 0 Å². The third-order valence-corrected chi connectivity index (χ3v) is 4.32. The highest BCUT2D eigenvalue weighted by Gasteiger charge is 2.24. The summed E-state index contributed by atoms with van der Waals surface area (Å²) in [5.74, 6) is 1.03. The molecule has 1 aromatic carbocycles. The molecule has 3 rings (SSSR count). The van der Waals surface area contributed by atoms with Crippen LogP contribution < -0.4 is 4.74 Å². The van der Waals surface area contributed by atoms with Gasteiger partial charge in [0.1, 0.15) is 25.1 Å². The fraction of sp³-hybridized carbons (Fsp3) is 0.476. The van der Waals surface area contributed by atoms with Crippen molar-refractivity contribution in [3.8, 4) is 5.75 Å². The summed E-state index contributed by atoms with van der Waals surface area (Å²) in [6.07, 6.45) is 1.36. The van der Waals surface area contributed by atoms with Gasteiger partial charge in [-0.3, -0.25) is 4.90 Å². The average Bonchev–Trinajstić information content (AvgIpc) is 3.14. The van der Waals surface area contributed by atoms with Crippen LogP contribution in [0.4, 0.5) is 0 Å². The molecule has 146 valence electrons. The third kappa shape index (κ3) is 5.84. The van der Waals surface area contributed by atoms with E-state index >= 15 is 0 Å². The highest BCUT2D eigenvalue weighted by molar-refractivity contribution is 5.87. The molecule has 0 N–H and O–H groups in total. The van der Waals surface area contributed by atoms with Crippen LogP contribution in [-0.4, -0.2) is 49.8 Å². The van der Waals surface area contributed by atoms with E-state index in [-0.39, 0.29) is 25.1 Å². The van der Waals surface area contributed by atoms with Crippen LogP contribution in [-0.2, 0) is 16.1 Å². The van der Waals surface area contributed by atoms with Gasteiger partial charge in [0, 0.05) is 25.2 Å². The van der Waals surface area contributed by atoms with E-state index in [0.29, 0.717) is 18.1 Å². The molecule has 0 saturated carbocycles. The summed E-state index contributed by atoms with van der Waals surface area (Å²) in [4.78, 5) is 14.7. The topological polar surface area (TPSA) is 61.1 Å². The minimum atomic E-state index is -0.490. The number of rotatable bonds is 8. The summed E-state index contributed by atoms with van der Waals surface area (Å²) in [5.41, 5.74) is 0.662. The number of esters is 1. The fourth-order valence-electron chi connectivity index (χ4n) is 3.10. The fourth-order valence-corrected chi connectivity index (χ4v) is 3.10. The molecule has 1 unspecified atom stereocenters. The predicted molar refractivity (Wildman–Crippen MR) is 101 cm³/mol. The molecule has 6 heteroatoms. The Labute approximate surface area is 160 Å². The maximum atomic E-state index is 12.4. The Morgan fingerprint density at radius 1 is 1.26 bits per heavy atom. The second-order valence-electron chi connectivity index (χ2n) is 7.12. The molecular weight excluding hydrogens is 346 g/mol. The van der Waals surface area contributed by atoms with Gasteiger partial charge in [0.2, 0.25) is 5.76 Å². The van der Waals surface area contributed by atoms with E-state index < -0.39 is 5.97 Å². The van der Waals surface area contributed by atoms with Crippen molar-refractivity contribution < 1.29 is 23.4 Å². The van der Waals surface area contributed by atoms with Crippen molar-refractivity contribution in [2.45, 2.75) is 26.6 Å². The predicted octanol–water partition coefficient (Wildman–Crippen LogP) is 3.37. The van der Waals surface area contributed by atoms with Gasteiger partial charge in [-0.1, -0.05) is 32.0 Å². The first-order chi connectivity index (χ1) is 13.1. The van der Waals surface area contributed by atoms with E-state index in [1.807, 2.05) is 30.3 Å². The monoisotopic (exact) mass is 373 g/mol. The van der Waals surface area contributed by atoms with Crippen LogP contribution in [0.5, 0.6) is 5.75 Å². The number of ether oxygens (including phenoxy) is 3. The van der Waals surface area contributed by atoms with Crippen molar-refractivity contribution >= 4 is 5.97 Å². The Morgan fingerprint density at radius 3 is 2.85 bits per heavy atom. The number of para-hydroxylation sites is 1. The molecule has 1 saturated heterocycles. The van der Waals surface area contributed by atoms with Crippen molar-refractivity contribution in [1.29, 1.82) is 0 Å². The summed E-state index contributed by atoms with van der Waals surface area (Å²) in [6, 6.07) is 11.2. The van der Waals surface area contributed by atoms with Crippen LogP contribution in [0.2, 0.25) is 0 Å². The van der Waals surface area contributed by atoms with E-state index in [1.54, 1.807) is 6.07 Å². The highest BCUT2D eigenvalue weighted by atomic mass is 16.6. The molecule has 0 amide bonds. The van der Waals surface area contributed by atoms with Gasteiger partial charge in [-0.05, 0) is 24.1 Å². The van der Waals surface area contributed by atoms with Gasteiger partial charge in [-0.2, -0.15) is 0 Å². The molecule has 0 bridgehead atoms. The lowest BCUT2D eigenvalue weighted by Crippen LogP contribution is -2.45. The van der Waals surface area contributed by atoms with Gasteiger partial charge in [-0.25, -0.2) is 4.79 Å². The van der Waals surface area contributed by atoms with E-state index in [0.717, 1.165) is 25.4 Å². The molecule has 27 heavy (non-hydrogen) atoms. The number of benzene rings is 1. The molecule has 1 aromatic heterocycles. The van der Waals surface area contributed by atoms with Crippen molar-refractivity contribution in [3.05, 3.63) is 54.0 Å². The first-order valence-electron chi connectivity index (χ1n) is 9.37. The maximum absolute atomic E-state index is 12.4. The van der Waals surface area contributed by atoms with Crippen molar-refractivity contribution in [1.82, 2.24) is 4.90 Å². The normalized spacial score (nSPS) is 17.8. The molecule has 0 aliphatic carbocycles. The Balaban J connectivity index is 1.49. The minimum Gasteiger partial charge on any atom is -0.489 e. The molecule has 0 spiro atoms. The van der Waals surface area contributed by atoms with Crippen molar-refractivity contribution in [2.75, 3.05) is 32.8 Å². The first kappa shape index (κ1) is 19.5. The number of furan rings is 1. The smallest absolute Gasteiger partial charge is 0.374 e. The van der Waals surface area contributed by atoms with Crippen molar-refractivity contribution in [2.24, 2.45) is 5.92 Å². The average molecular weight is 373 g/mol. The molecule has 2 aromatic rings. The van der Waals surface area contributed by atoms with Gasteiger partial charge in [0.05, 0.1) is 12.9 Å². The third-order valence-electron chi connectivity index (χ3n) is 4.32. The van der Waals surface area contributed by atoms with Crippen LogP contribution in [0.15, 0.2) is 47.1 Å². The molecule has 1 aliphatic rings. The second kappa shape index (κ2) is 9.58. The van der Waals surface area contributed by atoms with E-state index in [2.05, 4.69) is 18.7 Å². The summed E-state index contributed by atoms with van der Waals surface area (Å²) in [5, 5.41) is 0. The highest BCUT2D eigenvalue weighted by Crippen LogP contribution is 2.17. The standard InChI is InChI=1S/C21H27NO5/c1-16(2)12-22-9-11-24-19(13-22)15-27-21(23)20-17(8-10-25-20)14-26-18-6-4-3-5-7-18/h3-8,10,16,19H,9,11-15H2,1-2H3. The van der Waals surface area contributed by atoms with Gasteiger partial charge >= 0.3 is 5.97 Å². The summed E-state index contributed by atoms with van der Waals surface area (Å²) in [6.45, 7) is 8.22. The number of carbonyl (C=O) groups is 1. The molecule has 1 atom stereocenters. The minimum absolute atomic E-state index is 0.111. The van der Waals surface area contributed by atoms with Gasteiger partial charge in [0.15, 0.2) is 0 Å². The van der Waals surface area contributed by atoms with Crippen LogP contribution in [0.25, 0.3) is 0 Å². The van der Waals surface area contributed by atoms with Crippen LogP contribution in [0.3, 0.4) is 0 Å². The Bertz CT molecular complexity index is 712. The molecule has 1 aliphatic heterocycles. The molecule has 2 heterocycles. The Kier molecular flexibility index (Phi) is 6.90. The number of nitrogens with zero attached hydrogens (tertiary/aromatic N) is 1. The number of hydrogen-bond donors (Lipinski definition) is 0. The van der Waals surface area contributed by atoms with E-state index in [1.165, 1.54) is 6.26 Å². The summed E-state index contributed by atoms with van der Waals surface area (Å²) >= 11 is 0. The van der Waals surface area contributed by atoms with Gasteiger partial charge < -0.3 is 18.6 Å². The Hall–Kier alpha value is -2.31. The second-order valence-corrected chi connectivity index (χ2v) is 7.12. The van der Waals surface area contributed by atoms with Crippen LogP contribution >= 0.6 is 0 Å². The van der Waals surface area contributed by atoms with E-state index in [9.17, 15) is 4.79 Å². The SMILES string of the molecule is CC(C)CN1CCOC(COC(=O)c2occc2COc2ccccc2)C1. The molecular formula is C21H27NO5. The maximum Gasteiger partial charge on any atom is 0.374 e. The first-order valence-corrected chi connectivity index (χ1v) is 9.37. The molecule has 1 fully saturated rings. The van der Waals surface area contributed by atoms with E-state index in [4.69, 9.17) is 18.6 Å². The lowest BCUT2D eigenvalue weighted by Gasteiger charge is -2.33. The number of hydrogen-bond acceptors (Lipinski definition) is 6. The van der Waals surface area contributed by atoms with Crippen LogP contribution in [0.1, 0.15) is 30.0 Å². The lowest BCUT2D eigenvalue weighted by atomic mass is 10.2. The number of morpholine rings is 1. The zero-order valence-electron chi connectivity index (χ0n) is 15.9. The zero-order valence-corrected chi connectivity index (χ0v) is 15.9. The molecule has 6 nitrogen and oxygen atoms in total. The quantitative estimate of drug-likeness (QED) is 0.661. The largest absolute Gasteiger partial charge is 0.489 e. The zero-order chi connectivity index (χ0) is 19.1. The Morgan fingerprint density at radius 2 is 2.07 bits per heavy atom. The van der Waals surface area contributed by atoms with Gasteiger partial charge in [-0.15, -0.1) is 0 Å². The summed E-state index contributed by atoms with van der Waals surface area (Å²) in [7, 11) is 0. The molecule has 0 radical (unpaired) electrons. The summed E-state index contributed by atoms with van der Waals surface area (Å²) < 4.78 is 22.2. The lowest BCUT2D eigenvalue weighted by molar-refractivity contribution is -0.0618.